The molecule has 1 aromatic carbocycles. The van der Waals surface area contributed by atoms with E-state index in [2.05, 4.69) is 30.2 Å². The number of anilines is 1. The zero-order valence-electron chi connectivity index (χ0n) is 13.0. The minimum Gasteiger partial charge on any atom is -0.493 e. The van der Waals surface area contributed by atoms with Crippen LogP contribution in [0.15, 0.2) is 42.7 Å². The van der Waals surface area contributed by atoms with E-state index in [-0.39, 0.29) is 5.41 Å². The van der Waals surface area contributed by atoms with Gasteiger partial charge in [0.05, 0.1) is 19.9 Å². The lowest BCUT2D eigenvalue weighted by atomic mass is 9.84. The Hall–Kier alpha value is -2.23. The van der Waals surface area contributed by atoms with Crippen LogP contribution in [0.5, 0.6) is 11.5 Å². The highest BCUT2D eigenvalue weighted by atomic mass is 16.5. The van der Waals surface area contributed by atoms with Gasteiger partial charge in [0.1, 0.15) is 0 Å². The lowest BCUT2D eigenvalue weighted by Crippen LogP contribution is -2.27. The summed E-state index contributed by atoms with van der Waals surface area (Å²) in [7, 11) is 3.30. The molecular weight excluding hydrogens is 264 g/mol. The summed E-state index contributed by atoms with van der Waals surface area (Å²) in [6.07, 6.45) is 3.59. The van der Waals surface area contributed by atoms with Gasteiger partial charge >= 0.3 is 0 Å². The number of methoxy groups -OCH3 is 2. The van der Waals surface area contributed by atoms with Crippen molar-refractivity contribution >= 4 is 5.69 Å². The van der Waals surface area contributed by atoms with Gasteiger partial charge in [0.15, 0.2) is 11.5 Å². The number of ether oxygens (including phenoxy) is 2. The number of benzene rings is 1. The molecule has 1 N–H and O–H groups in total. The summed E-state index contributed by atoms with van der Waals surface area (Å²) in [5.41, 5.74) is 2.16. The zero-order chi connectivity index (χ0) is 15.3. The van der Waals surface area contributed by atoms with Gasteiger partial charge in [0, 0.05) is 24.4 Å². The Balaban J connectivity index is 2.15. The topological polar surface area (TPSA) is 43.4 Å². The van der Waals surface area contributed by atoms with E-state index < -0.39 is 0 Å². The second-order valence-corrected chi connectivity index (χ2v) is 5.55. The highest BCUT2D eigenvalue weighted by Gasteiger charge is 2.22. The predicted molar refractivity (Wildman–Crippen MR) is 85.3 cm³/mol. The van der Waals surface area contributed by atoms with Crippen molar-refractivity contribution in [2.24, 2.45) is 0 Å². The molecule has 0 amide bonds. The maximum absolute atomic E-state index is 5.38. The molecule has 0 bridgehead atoms. The molecule has 1 aromatic heterocycles. The van der Waals surface area contributed by atoms with Gasteiger partial charge in [-0.15, -0.1) is 0 Å². The number of rotatable bonds is 6. The van der Waals surface area contributed by atoms with Crippen LogP contribution in [-0.4, -0.2) is 25.7 Å². The van der Waals surface area contributed by atoms with Gasteiger partial charge in [-0.3, -0.25) is 4.98 Å². The number of nitrogens with zero attached hydrogens (tertiary/aromatic N) is 1. The minimum atomic E-state index is -0.0462. The fourth-order valence-electron chi connectivity index (χ4n) is 2.15. The Labute approximate surface area is 126 Å². The molecule has 0 spiro atoms. The fraction of sp³-hybridized carbons (Fsp3) is 0.353. The maximum atomic E-state index is 5.38. The molecule has 112 valence electrons. The van der Waals surface area contributed by atoms with E-state index in [4.69, 9.17) is 9.47 Å². The molecule has 0 fully saturated rings. The normalized spacial score (nSPS) is 11.0. The van der Waals surface area contributed by atoms with Crippen LogP contribution in [0.25, 0.3) is 0 Å². The lowest BCUT2D eigenvalue weighted by molar-refractivity contribution is 0.353. The third kappa shape index (κ3) is 3.66. The first-order valence-corrected chi connectivity index (χ1v) is 6.93. The number of aromatic nitrogens is 1. The Morgan fingerprint density at radius 3 is 2.48 bits per heavy atom. The van der Waals surface area contributed by atoms with Crippen molar-refractivity contribution < 1.29 is 9.47 Å². The van der Waals surface area contributed by atoms with Crippen molar-refractivity contribution in [3.8, 4) is 11.5 Å². The Morgan fingerprint density at radius 1 is 1.10 bits per heavy atom. The summed E-state index contributed by atoms with van der Waals surface area (Å²) in [6.45, 7) is 5.18. The fourth-order valence-corrected chi connectivity index (χ4v) is 2.15. The van der Waals surface area contributed by atoms with E-state index in [9.17, 15) is 0 Å². The van der Waals surface area contributed by atoms with Crippen molar-refractivity contribution in [2.75, 3.05) is 26.1 Å². The van der Waals surface area contributed by atoms with E-state index in [0.717, 1.165) is 23.7 Å². The van der Waals surface area contributed by atoms with Gasteiger partial charge in [-0.2, -0.15) is 0 Å². The van der Waals surface area contributed by atoms with Gasteiger partial charge in [-0.1, -0.05) is 19.9 Å². The van der Waals surface area contributed by atoms with Gasteiger partial charge in [0.25, 0.3) is 0 Å². The molecule has 0 saturated heterocycles. The van der Waals surface area contributed by atoms with E-state index in [1.807, 2.05) is 30.5 Å². The molecule has 2 aromatic rings. The average Bonchev–Trinajstić information content (AvgIpc) is 2.53. The van der Waals surface area contributed by atoms with Crippen LogP contribution < -0.4 is 14.8 Å². The first kappa shape index (κ1) is 15.2. The number of nitrogens with one attached hydrogen (secondary N) is 1. The van der Waals surface area contributed by atoms with Crippen LogP contribution in [0.2, 0.25) is 0 Å². The monoisotopic (exact) mass is 286 g/mol. The highest BCUT2D eigenvalue weighted by Crippen LogP contribution is 2.33. The molecule has 0 radical (unpaired) electrons. The first-order valence-electron chi connectivity index (χ1n) is 6.93. The van der Waals surface area contributed by atoms with Crippen molar-refractivity contribution in [3.63, 3.8) is 0 Å². The molecule has 4 heteroatoms. The largest absolute Gasteiger partial charge is 0.493 e. The van der Waals surface area contributed by atoms with E-state index >= 15 is 0 Å². The molecule has 0 unspecified atom stereocenters. The molecule has 4 nitrogen and oxygen atoms in total. The zero-order valence-corrected chi connectivity index (χ0v) is 13.0. The minimum absolute atomic E-state index is 0.0462. The number of hydrogen-bond donors (Lipinski definition) is 1. The molecular formula is C17H22N2O2. The third-order valence-corrected chi connectivity index (χ3v) is 3.56. The van der Waals surface area contributed by atoms with Gasteiger partial charge in [-0.05, 0) is 29.8 Å². The van der Waals surface area contributed by atoms with E-state index in [1.54, 1.807) is 20.4 Å². The summed E-state index contributed by atoms with van der Waals surface area (Å²) in [6, 6.07) is 9.99. The maximum Gasteiger partial charge on any atom is 0.161 e. The summed E-state index contributed by atoms with van der Waals surface area (Å²) in [4.78, 5) is 4.11. The van der Waals surface area contributed by atoms with Crippen molar-refractivity contribution in [1.29, 1.82) is 0 Å². The number of hydrogen-bond acceptors (Lipinski definition) is 4. The first-order chi connectivity index (χ1) is 10.1. The van der Waals surface area contributed by atoms with Crippen LogP contribution >= 0.6 is 0 Å². The van der Waals surface area contributed by atoms with Crippen LogP contribution in [0.4, 0.5) is 5.69 Å². The molecule has 1 heterocycles. The van der Waals surface area contributed by atoms with Gasteiger partial charge in [-0.25, -0.2) is 0 Å². The second kappa shape index (κ2) is 6.48. The summed E-state index contributed by atoms with van der Waals surface area (Å²) in [5.74, 6) is 1.50. The number of pyridine rings is 1. The molecule has 0 atom stereocenters. The van der Waals surface area contributed by atoms with Crippen LogP contribution in [-0.2, 0) is 5.41 Å². The molecule has 0 aliphatic heterocycles. The molecule has 0 aliphatic rings. The molecule has 0 saturated carbocycles. The lowest BCUT2D eigenvalue weighted by Gasteiger charge is -2.27. The average molecular weight is 286 g/mol. The SMILES string of the molecule is COc1ccc(C(C)(C)CNc2cccnc2)cc1OC. The Kier molecular flexibility index (Phi) is 4.68. The Morgan fingerprint density at radius 2 is 1.86 bits per heavy atom. The van der Waals surface area contributed by atoms with Crippen LogP contribution in [0, 0.1) is 0 Å². The van der Waals surface area contributed by atoms with E-state index in [1.165, 1.54) is 5.56 Å². The van der Waals surface area contributed by atoms with Crippen LogP contribution in [0.3, 0.4) is 0 Å². The summed E-state index contributed by atoms with van der Waals surface area (Å²) >= 11 is 0. The van der Waals surface area contributed by atoms with Crippen LogP contribution in [0.1, 0.15) is 19.4 Å². The summed E-state index contributed by atoms with van der Waals surface area (Å²) in [5, 5.41) is 3.41. The molecule has 21 heavy (non-hydrogen) atoms. The predicted octanol–water partition coefficient (Wildman–Crippen LogP) is 3.49. The standard InChI is InChI=1S/C17H22N2O2/c1-17(2,12-19-14-6-5-9-18-11-14)13-7-8-15(20-3)16(10-13)21-4/h5-11,19H,12H2,1-4H3. The van der Waals surface area contributed by atoms with Crippen molar-refractivity contribution in [2.45, 2.75) is 19.3 Å². The quantitative estimate of drug-likeness (QED) is 0.883. The smallest absolute Gasteiger partial charge is 0.161 e. The van der Waals surface area contributed by atoms with Gasteiger partial charge < -0.3 is 14.8 Å². The van der Waals surface area contributed by atoms with Gasteiger partial charge in [0.2, 0.25) is 0 Å². The Bertz CT molecular complexity index is 583. The second-order valence-electron chi connectivity index (χ2n) is 5.55. The summed E-state index contributed by atoms with van der Waals surface area (Å²) < 4.78 is 10.7. The molecule has 0 aliphatic carbocycles. The molecule has 2 rings (SSSR count). The van der Waals surface area contributed by atoms with Crippen molar-refractivity contribution in [3.05, 3.63) is 48.3 Å². The van der Waals surface area contributed by atoms with Crippen molar-refractivity contribution in [1.82, 2.24) is 4.98 Å². The third-order valence-electron chi connectivity index (χ3n) is 3.56. The van der Waals surface area contributed by atoms with E-state index in [0.29, 0.717) is 0 Å². The highest BCUT2D eigenvalue weighted by molar-refractivity contribution is 5.46.